The topological polar surface area (TPSA) is 96.0 Å². The first-order chi connectivity index (χ1) is 12.9. The van der Waals surface area contributed by atoms with Crippen molar-refractivity contribution in [1.29, 1.82) is 0 Å². The molecular formula is C20H28N4O3. The maximum Gasteiger partial charge on any atom is 0.329 e. The van der Waals surface area contributed by atoms with E-state index in [2.05, 4.69) is 29.5 Å². The largest absolute Gasteiger partial charge is 0.356 e. The van der Waals surface area contributed by atoms with Gasteiger partial charge in [0.2, 0.25) is 5.91 Å². The van der Waals surface area contributed by atoms with E-state index in [1.165, 1.54) is 21.8 Å². The first kappa shape index (κ1) is 20.5. The summed E-state index contributed by atoms with van der Waals surface area (Å²) in [6.45, 7) is 6.80. The van der Waals surface area contributed by atoms with Gasteiger partial charge in [-0.3, -0.25) is 19.1 Å². The summed E-state index contributed by atoms with van der Waals surface area (Å²) in [4.78, 5) is 38.4. The van der Waals surface area contributed by atoms with Crippen molar-refractivity contribution >= 4 is 17.4 Å². The Hall–Kier alpha value is -2.83. The van der Waals surface area contributed by atoms with Crippen LogP contribution in [0.4, 0.5) is 11.5 Å². The number of H-pyrrole nitrogens is 1. The summed E-state index contributed by atoms with van der Waals surface area (Å²) in [5.74, 6) is 0.380. The van der Waals surface area contributed by atoms with E-state index in [1.807, 2.05) is 18.2 Å². The Morgan fingerprint density at radius 3 is 2.59 bits per heavy atom. The van der Waals surface area contributed by atoms with Crippen molar-refractivity contribution in [3.8, 4) is 0 Å². The van der Waals surface area contributed by atoms with Crippen LogP contribution >= 0.6 is 0 Å². The zero-order valence-corrected chi connectivity index (χ0v) is 16.2. The number of nitrogens with zero attached hydrogens (tertiary/aromatic N) is 1. The van der Waals surface area contributed by atoms with Crippen LogP contribution in [-0.2, 0) is 17.8 Å². The quantitative estimate of drug-likeness (QED) is 0.589. The van der Waals surface area contributed by atoms with E-state index in [1.54, 1.807) is 6.92 Å². The number of rotatable bonds is 9. The summed E-state index contributed by atoms with van der Waals surface area (Å²) in [7, 11) is 0. The van der Waals surface area contributed by atoms with Gasteiger partial charge in [-0.15, -0.1) is 0 Å². The van der Waals surface area contributed by atoms with Crippen LogP contribution in [0, 0.1) is 6.92 Å². The molecule has 0 fully saturated rings. The van der Waals surface area contributed by atoms with E-state index in [0.29, 0.717) is 38.2 Å². The molecule has 1 heterocycles. The average Bonchev–Trinajstić information content (AvgIpc) is 2.64. The van der Waals surface area contributed by atoms with Crippen LogP contribution in [0.15, 0.2) is 33.9 Å². The van der Waals surface area contributed by atoms with Crippen LogP contribution in [0.5, 0.6) is 0 Å². The van der Waals surface area contributed by atoms with Gasteiger partial charge < -0.3 is 10.6 Å². The molecule has 1 amide bonds. The monoisotopic (exact) mass is 372 g/mol. The van der Waals surface area contributed by atoms with Crippen LogP contribution in [0.2, 0.25) is 0 Å². The summed E-state index contributed by atoms with van der Waals surface area (Å²) >= 11 is 0. The smallest absolute Gasteiger partial charge is 0.329 e. The van der Waals surface area contributed by atoms with Gasteiger partial charge in [-0.05, 0) is 49.4 Å². The third-order valence-electron chi connectivity index (χ3n) is 4.48. The van der Waals surface area contributed by atoms with E-state index in [-0.39, 0.29) is 11.5 Å². The predicted octanol–water partition coefficient (Wildman–Crippen LogP) is 2.46. The summed E-state index contributed by atoms with van der Waals surface area (Å²) in [5.41, 5.74) is 2.47. The number of aromatic nitrogens is 2. The molecule has 7 heteroatoms. The van der Waals surface area contributed by atoms with Gasteiger partial charge in [0.25, 0.3) is 5.56 Å². The number of anilines is 2. The van der Waals surface area contributed by atoms with Crippen molar-refractivity contribution < 1.29 is 4.79 Å². The van der Waals surface area contributed by atoms with Gasteiger partial charge in [0.05, 0.1) is 0 Å². The Balaban J connectivity index is 2.01. The molecule has 27 heavy (non-hydrogen) atoms. The second-order valence-electron chi connectivity index (χ2n) is 6.51. The molecule has 0 radical (unpaired) electrons. The lowest BCUT2D eigenvalue weighted by atomic mass is 10.1. The second-order valence-corrected chi connectivity index (χ2v) is 6.51. The van der Waals surface area contributed by atoms with Crippen molar-refractivity contribution in [1.82, 2.24) is 14.9 Å². The van der Waals surface area contributed by atoms with Crippen LogP contribution in [0.25, 0.3) is 0 Å². The second kappa shape index (κ2) is 9.75. The van der Waals surface area contributed by atoms with Gasteiger partial charge in [-0.2, -0.15) is 0 Å². The molecule has 3 N–H and O–H groups in total. The molecule has 0 aliphatic carbocycles. The van der Waals surface area contributed by atoms with E-state index < -0.39 is 5.69 Å². The van der Waals surface area contributed by atoms with Crippen LogP contribution in [-0.4, -0.2) is 22.0 Å². The van der Waals surface area contributed by atoms with E-state index in [4.69, 9.17) is 0 Å². The van der Waals surface area contributed by atoms with E-state index >= 15 is 0 Å². The first-order valence-electron chi connectivity index (χ1n) is 9.42. The highest BCUT2D eigenvalue weighted by molar-refractivity contribution is 5.75. The maximum atomic E-state index is 12.3. The van der Waals surface area contributed by atoms with Gasteiger partial charge >= 0.3 is 5.69 Å². The SMILES string of the molecule is CCC(=O)NCCCCn1c(=O)cc(Nc2ccc(C)c(CC)c2)[nH]c1=O. The lowest BCUT2D eigenvalue weighted by Gasteiger charge is -2.11. The summed E-state index contributed by atoms with van der Waals surface area (Å²) < 4.78 is 1.18. The molecule has 0 saturated carbocycles. The van der Waals surface area contributed by atoms with E-state index in [9.17, 15) is 14.4 Å². The Bertz CT molecular complexity index is 868. The zero-order chi connectivity index (χ0) is 19.8. The fraction of sp³-hybridized carbons (Fsp3) is 0.450. The van der Waals surface area contributed by atoms with Gasteiger partial charge in [-0.25, -0.2) is 4.79 Å². The standard InChI is InChI=1S/C20H28N4O3/c1-4-15-12-16(9-8-14(15)3)22-17-13-19(26)24(20(27)23-17)11-7-6-10-21-18(25)5-2/h8-9,12-13,22H,4-7,10-11H2,1-3H3,(H,21,25)(H,23,27). The lowest BCUT2D eigenvalue weighted by Crippen LogP contribution is -2.35. The molecule has 0 atom stereocenters. The minimum absolute atomic E-state index is 0.00257. The third-order valence-corrected chi connectivity index (χ3v) is 4.48. The van der Waals surface area contributed by atoms with Crippen LogP contribution < -0.4 is 21.9 Å². The van der Waals surface area contributed by atoms with E-state index in [0.717, 1.165) is 12.1 Å². The average molecular weight is 372 g/mol. The number of aryl methyl sites for hydroxylation is 2. The molecular weight excluding hydrogens is 344 g/mol. The maximum absolute atomic E-state index is 12.3. The summed E-state index contributed by atoms with van der Waals surface area (Å²) in [5, 5.41) is 5.87. The molecule has 2 rings (SSSR count). The van der Waals surface area contributed by atoms with Gasteiger partial charge in [0.1, 0.15) is 5.82 Å². The van der Waals surface area contributed by atoms with Crippen LogP contribution in [0.3, 0.4) is 0 Å². The van der Waals surface area contributed by atoms with Crippen molar-refractivity contribution in [3.05, 3.63) is 56.2 Å². The number of aromatic amines is 1. The normalized spacial score (nSPS) is 10.6. The Morgan fingerprint density at radius 1 is 1.15 bits per heavy atom. The predicted molar refractivity (Wildman–Crippen MR) is 108 cm³/mol. The minimum atomic E-state index is -0.439. The molecule has 0 bridgehead atoms. The van der Waals surface area contributed by atoms with Crippen molar-refractivity contribution in [2.75, 3.05) is 11.9 Å². The highest BCUT2D eigenvalue weighted by atomic mass is 16.2. The molecule has 0 spiro atoms. The van der Waals surface area contributed by atoms with Crippen LogP contribution in [0.1, 0.15) is 44.2 Å². The van der Waals surface area contributed by atoms with Crippen molar-refractivity contribution in [3.63, 3.8) is 0 Å². The summed E-state index contributed by atoms with van der Waals surface area (Å²) in [6.07, 6.45) is 2.71. The Kier molecular flexibility index (Phi) is 7.40. The number of amides is 1. The van der Waals surface area contributed by atoms with Gasteiger partial charge in [0.15, 0.2) is 0 Å². The third kappa shape index (κ3) is 5.84. The zero-order valence-electron chi connectivity index (χ0n) is 16.2. The number of hydrogen-bond donors (Lipinski definition) is 3. The molecule has 1 aromatic heterocycles. The molecule has 146 valence electrons. The molecule has 0 unspecified atom stereocenters. The first-order valence-corrected chi connectivity index (χ1v) is 9.42. The molecule has 0 aliphatic rings. The number of hydrogen-bond acceptors (Lipinski definition) is 4. The highest BCUT2D eigenvalue weighted by Crippen LogP contribution is 2.18. The molecule has 2 aromatic rings. The number of unbranched alkanes of at least 4 members (excludes halogenated alkanes) is 1. The lowest BCUT2D eigenvalue weighted by molar-refractivity contribution is -0.120. The van der Waals surface area contributed by atoms with Gasteiger partial charge in [0, 0.05) is 31.3 Å². The van der Waals surface area contributed by atoms with Crippen molar-refractivity contribution in [2.24, 2.45) is 0 Å². The van der Waals surface area contributed by atoms with Crippen molar-refractivity contribution in [2.45, 2.75) is 53.0 Å². The fourth-order valence-corrected chi connectivity index (χ4v) is 2.83. The Morgan fingerprint density at radius 2 is 1.93 bits per heavy atom. The molecule has 0 aliphatic heterocycles. The molecule has 1 aromatic carbocycles. The highest BCUT2D eigenvalue weighted by Gasteiger charge is 2.06. The fourth-order valence-electron chi connectivity index (χ4n) is 2.83. The minimum Gasteiger partial charge on any atom is -0.356 e. The Labute approximate surface area is 158 Å². The number of carbonyl (C=O) groups is 1. The summed E-state index contributed by atoms with van der Waals surface area (Å²) in [6, 6.07) is 7.34. The molecule has 7 nitrogen and oxygen atoms in total. The number of carbonyl (C=O) groups excluding carboxylic acids is 1. The number of benzene rings is 1. The van der Waals surface area contributed by atoms with Gasteiger partial charge in [-0.1, -0.05) is 19.9 Å². The molecule has 0 saturated heterocycles. The number of nitrogens with one attached hydrogen (secondary N) is 3.